The van der Waals surface area contributed by atoms with Gasteiger partial charge in [0.05, 0.1) is 18.2 Å². The fourth-order valence-electron chi connectivity index (χ4n) is 3.51. The number of fused-ring (bicyclic) bond motifs is 1. The van der Waals surface area contributed by atoms with Crippen molar-refractivity contribution in [3.8, 4) is 11.3 Å². The molecule has 1 aliphatic carbocycles. The normalized spacial score (nSPS) is 24.1. The van der Waals surface area contributed by atoms with Gasteiger partial charge in [0.2, 0.25) is 0 Å². The molecule has 0 saturated heterocycles. The molecule has 1 saturated carbocycles. The first-order valence-corrected chi connectivity index (χ1v) is 7.76. The first-order valence-electron chi connectivity index (χ1n) is 7.76. The molecule has 0 bridgehead atoms. The molecule has 0 amide bonds. The predicted octanol–water partition coefficient (Wildman–Crippen LogP) is 3.88. The second kappa shape index (κ2) is 4.65. The Bertz CT molecular complexity index is 629. The molecule has 3 heteroatoms. The summed E-state index contributed by atoms with van der Waals surface area (Å²) in [6.45, 7) is 3.37. The van der Waals surface area contributed by atoms with Gasteiger partial charge in [0.1, 0.15) is 0 Å². The van der Waals surface area contributed by atoms with Gasteiger partial charge in [-0.25, -0.2) is 4.98 Å². The minimum atomic E-state index is 0.664. The first-order chi connectivity index (χ1) is 9.88. The van der Waals surface area contributed by atoms with Crippen LogP contribution in [0.5, 0.6) is 0 Å². The highest BCUT2D eigenvalue weighted by Gasteiger charge is 2.38. The minimum absolute atomic E-state index is 0.664. The van der Waals surface area contributed by atoms with Crippen LogP contribution in [0.3, 0.4) is 0 Å². The van der Waals surface area contributed by atoms with Crippen LogP contribution in [0.15, 0.2) is 30.7 Å². The summed E-state index contributed by atoms with van der Waals surface area (Å²) in [5, 5.41) is 3.59. The van der Waals surface area contributed by atoms with E-state index in [1.165, 1.54) is 48.2 Å². The van der Waals surface area contributed by atoms with Crippen molar-refractivity contribution in [3.63, 3.8) is 0 Å². The summed E-state index contributed by atoms with van der Waals surface area (Å²) in [5.74, 6) is 0.843. The fourth-order valence-corrected chi connectivity index (χ4v) is 3.51. The molecule has 0 radical (unpaired) electrons. The number of nitrogens with zero attached hydrogens (tertiary/aromatic N) is 2. The van der Waals surface area contributed by atoms with Gasteiger partial charge in [0, 0.05) is 23.8 Å². The summed E-state index contributed by atoms with van der Waals surface area (Å²) < 4.78 is 2.39. The molecule has 20 heavy (non-hydrogen) atoms. The van der Waals surface area contributed by atoms with Crippen molar-refractivity contribution in [2.45, 2.75) is 38.6 Å². The van der Waals surface area contributed by atoms with Crippen LogP contribution in [-0.2, 0) is 6.42 Å². The summed E-state index contributed by atoms with van der Waals surface area (Å²) in [6, 6.07) is 7.32. The molecule has 104 valence electrons. The van der Waals surface area contributed by atoms with Crippen molar-refractivity contribution in [2.24, 2.45) is 5.92 Å². The van der Waals surface area contributed by atoms with Gasteiger partial charge in [-0.1, -0.05) is 31.5 Å². The molecule has 2 atom stereocenters. The summed E-state index contributed by atoms with van der Waals surface area (Å²) >= 11 is 0. The molecule has 1 aromatic carbocycles. The smallest absolute Gasteiger partial charge is 0.0953 e. The Balaban J connectivity index is 1.77. The molecule has 1 fully saturated rings. The lowest BCUT2D eigenvalue weighted by molar-refractivity contribution is 0.644. The largest absolute Gasteiger partial charge is 0.384 e. The lowest BCUT2D eigenvalue weighted by Gasteiger charge is -2.21. The lowest BCUT2D eigenvalue weighted by Crippen LogP contribution is -2.13. The topological polar surface area (TPSA) is 29.9 Å². The van der Waals surface area contributed by atoms with Gasteiger partial charge in [-0.2, -0.15) is 0 Å². The zero-order valence-electron chi connectivity index (χ0n) is 12.0. The van der Waals surface area contributed by atoms with Crippen molar-refractivity contribution in [1.82, 2.24) is 9.55 Å². The van der Waals surface area contributed by atoms with Crippen LogP contribution < -0.4 is 5.32 Å². The second-order valence-electron chi connectivity index (χ2n) is 6.03. The van der Waals surface area contributed by atoms with E-state index in [0.29, 0.717) is 6.04 Å². The zero-order valence-corrected chi connectivity index (χ0v) is 12.0. The van der Waals surface area contributed by atoms with Gasteiger partial charge in [-0.3, -0.25) is 0 Å². The fraction of sp³-hybridized carbons (Fsp3) is 0.471. The van der Waals surface area contributed by atoms with Crippen LogP contribution >= 0.6 is 0 Å². The molecule has 1 aromatic heterocycles. The average molecular weight is 267 g/mol. The number of rotatable bonds is 3. The van der Waals surface area contributed by atoms with Crippen LogP contribution in [0, 0.1) is 5.92 Å². The Labute approximate surface area is 120 Å². The van der Waals surface area contributed by atoms with Crippen LogP contribution in [0.25, 0.3) is 11.3 Å². The molecule has 3 nitrogen and oxygen atoms in total. The van der Waals surface area contributed by atoms with E-state index in [2.05, 4.69) is 40.0 Å². The monoisotopic (exact) mass is 267 g/mol. The van der Waals surface area contributed by atoms with Crippen LogP contribution in [-0.4, -0.2) is 16.1 Å². The average Bonchev–Trinajstić information content (AvgIpc) is 3.14. The van der Waals surface area contributed by atoms with E-state index in [1.54, 1.807) is 0 Å². The van der Waals surface area contributed by atoms with Crippen molar-refractivity contribution in [3.05, 3.63) is 36.3 Å². The minimum Gasteiger partial charge on any atom is -0.384 e. The highest BCUT2D eigenvalue weighted by Crippen LogP contribution is 2.48. The van der Waals surface area contributed by atoms with Gasteiger partial charge in [0.25, 0.3) is 0 Å². The molecule has 2 unspecified atom stereocenters. The SMILES string of the molecule is CCC1CC1n1cncc1-c1cccc2c1NCCC2. The number of aryl methyl sites for hydroxylation is 1. The maximum atomic E-state index is 4.41. The highest BCUT2D eigenvalue weighted by molar-refractivity contribution is 5.79. The molecule has 2 aromatic rings. The van der Waals surface area contributed by atoms with Crippen molar-refractivity contribution in [2.75, 3.05) is 11.9 Å². The highest BCUT2D eigenvalue weighted by atomic mass is 15.1. The molecule has 2 aliphatic rings. The van der Waals surface area contributed by atoms with E-state index < -0.39 is 0 Å². The standard InChI is InChI=1S/C17H21N3/c1-2-12-9-15(12)20-11-18-10-16(20)14-7-3-5-13-6-4-8-19-17(13)14/h3,5,7,10-12,15,19H,2,4,6,8-9H2,1H3. The van der Waals surface area contributed by atoms with Gasteiger partial charge >= 0.3 is 0 Å². The number of aromatic nitrogens is 2. The van der Waals surface area contributed by atoms with Crippen LogP contribution in [0.2, 0.25) is 0 Å². The van der Waals surface area contributed by atoms with Crippen molar-refractivity contribution >= 4 is 5.69 Å². The van der Waals surface area contributed by atoms with Gasteiger partial charge in [-0.05, 0) is 30.7 Å². The third-order valence-electron chi connectivity index (χ3n) is 4.78. The second-order valence-corrected chi connectivity index (χ2v) is 6.03. The third-order valence-corrected chi connectivity index (χ3v) is 4.78. The van der Waals surface area contributed by atoms with Crippen LogP contribution in [0.1, 0.15) is 37.8 Å². The van der Waals surface area contributed by atoms with Crippen molar-refractivity contribution < 1.29 is 0 Å². The summed E-state index contributed by atoms with van der Waals surface area (Å²) in [6.07, 6.45) is 9.03. The zero-order chi connectivity index (χ0) is 13.5. The number of hydrogen-bond donors (Lipinski definition) is 1. The quantitative estimate of drug-likeness (QED) is 0.914. The Morgan fingerprint density at radius 1 is 1.40 bits per heavy atom. The molecule has 1 aliphatic heterocycles. The number of benzene rings is 1. The number of anilines is 1. The van der Waals surface area contributed by atoms with Gasteiger partial charge in [0.15, 0.2) is 0 Å². The Morgan fingerprint density at radius 3 is 3.20 bits per heavy atom. The third kappa shape index (κ3) is 1.84. The Kier molecular flexibility index (Phi) is 2.79. The summed E-state index contributed by atoms with van der Waals surface area (Å²) in [7, 11) is 0. The van der Waals surface area contributed by atoms with Crippen LogP contribution in [0.4, 0.5) is 5.69 Å². The maximum Gasteiger partial charge on any atom is 0.0953 e. The van der Waals surface area contributed by atoms with E-state index in [1.807, 2.05) is 12.5 Å². The van der Waals surface area contributed by atoms with Crippen molar-refractivity contribution in [1.29, 1.82) is 0 Å². The molecular formula is C17H21N3. The Morgan fingerprint density at radius 2 is 2.35 bits per heavy atom. The molecular weight excluding hydrogens is 246 g/mol. The molecule has 2 heterocycles. The number of imidazole rings is 1. The van der Waals surface area contributed by atoms with Gasteiger partial charge in [-0.15, -0.1) is 0 Å². The molecule has 4 rings (SSSR count). The lowest BCUT2D eigenvalue weighted by atomic mass is 9.98. The summed E-state index contributed by atoms with van der Waals surface area (Å²) in [5.41, 5.74) is 5.37. The maximum absolute atomic E-state index is 4.41. The van der Waals surface area contributed by atoms with E-state index in [9.17, 15) is 0 Å². The first kappa shape index (κ1) is 12.0. The number of hydrogen-bond acceptors (Lipinski definition) is 2. The summed E-state index contributed by atoms with van der Waals surface area (Å²) in [4.78, 5) is 4.41. The molecule has 0 spiro atoms. The number of para-hydroxylation sites is 1. The van der Waals surface area contributed by atoms with E-state index in [0.717, 1.165) is 12.5 Å². The van der Waals surface area contributed by atoms with E-state index >= 15 is 0 Å². The van der Waals surface area contributed by atoms with E-state index in [-0.39, 0.29) is 0 Å². The van der Waals surface area contributed by atoms with Gasteiger partial charge < -0.3 is 9.88 Å². The predicted molar refractivity (Wildman–Crippen MR) is 81.9 cm³/mol. The number of nitrogens with one attached hydrogen (secondary N) is 1. The van der Waals surface area contributed by atoms with E-state index in [4.69, 9.17) is 0 Å². The molecule has 1 N–H and O–H groups in total. The Hall–Kier alpha value is -1.77.